The molecule has 0 aromatic heterocycles. The number of likely N-dealkylation sites (N-methyl/N-ethyl adjacent to an activating group) is 1. The molecule has 1 aromatic carbocycles. The summed E-state index contributed by atoms with van der Waals surface area (Å²) in [4.78, 5) is 28.4. The number of aryl methyl sites for hydroxylation is 2. The zero-order chi connectivity index (χ0) is 18.4. The van der Waals surface area contributed by atoms with Crippen molar-refractivity contribution in [2.45, 2.75) is 33.2 Å². The van der Waals surface area contributed by atoms with Gasteiger partial charge in [0.05, 0.1) is 13.2 Å². The fraction of sp³-hybridized carbons (Fsp3) is 0.579. The number of morpholine rings is 1. The Morgan fingerprint density at radius 2 is 1.80 bits per heavy atom. The summed E-state index contributed by atoms with van der Waals surface area (Å²) in [5, 5.41) is 2.81. The zero-order valence-electron chi connectivity index (χ0n) is 15.7. The molecule has 6 heteroatoms. The Kier molecular flexibility index (Phi) is 6.96. The van der Waals surface area contributed by atoms with Gasteiger partial charge in [-0.2, -0.15) is 0 Å². The van der Waals surface area contributed by atoms with Crippen LogP contribution in [0.2, 0.25) is 0 Å². The van der Waals surface area contributed by atoms with E-state index in [4.69, 9.17) is 4.74 Å². The molecule has 25 heavy (non-hydrogen) atoms. The molecule has 2 rings (SSSR count). The molecule has 0 bridgehead atoms. The number of carbonyl (C=O) groups excluding carboxylic acids is 2. The second-order valence-corrected chi connectivity index (χ2v) is 6.87. The van der Waals surface area contributed by atoms with E-state index in [0.717, 1.165) is 43.1 Å². The minimum Gasteiger partial charge on any atom is -0.379 e. The van der Waals surface area contributed by atoms with Crippen molar-refractivity contribution >= 4 is 17.5 Å². The van der Waals surface area contributed by atoms with Crippen molar-refractivity contribution in [1.82, 2.24) is 9.80 Å². The number of nitrogens with zero attached hydrogens (tertiary/aromatic N) is 2. The van der Waals surface area contributed by atoms with Crippen LogP contribution < -0.4 is 5.32 Å². The molecule has 1 atom stereocenters. The Bertz CT molecular complexity index is 592. The fourth-order valence-electron chi connectivity index (χ4n) is 3.16. The molecule has 1 aliphatic rings. The monoisotopic (exact) mass is 347 g/mol. The second kappa shape index (κ2) is 8.97. The van der Waals surface area contributed by atoms with Gasteiger partial charge in [0.25, 0.3) is 0 Å². The van der Waals surface area contributed by atoms with E-state index in [1.165, 1.54) is 0 Å². The maximum Gasteiger partial charge on any atom is 0.233 e. The Labute approximate surface area is 150 Å². The highest BCUT2D eigenvalue weighted by Gasteiger charge is 2.21. The number of hydrogen-bond donors (Lipinski definition) is 1. The van der Waals surface area contributed by atoms with E-state index in [9.17, 15) is 9.59 Å². The lowest BCUT2D eigenvalue weighted by Crippen LogP contribution is -2.48. The number of hydrogen-bond acceptors (Lipinski definition) is 4. The van der Waals surface area contributed by atoms with Gasteiger partial charge < -0.3 is 15.0 Å². The molecule has 0 saturated carbocycles. The van der Waals surface area contributed by atoms with Crippen molar-refractivity contribution in [3.05, 3.63) is 29.3 Å². The molecule has 1 aliphatic heterocycles. The third kappa shape index (κ3) is 6.14. The lowest BCUT2D eigenvalue weighted by atomic mass is 10.1. The molecule has 6 nitrogen and oxygen atoms in total. The summed E-state index contributed by atoms with van der Waals surface area (Å²) in [5.41, 5.74) is 2.90. The lowest BCUT2D eigenvalue weighted by molar-refractivity contribution is -0.134. The van der Waals surface area contributed by atoms with Crippen LogP contribution in [0.5, 0.6) is 0 Å². The summed E-state index contributed by atoms with van der Waals surface area (Å²) in [5.74, 6) is -0.442. The van der Waals surface area contributed by atoms with Gasteiger partial charge in [0.2, 0.25) is 11.8 Å². The van der Waals surface area contributed by atoms with Gasteiger partial charge in [-0.3, -0.25) is 14.5 Å². The maximum atomic E-state index is 12.3. The van der Waals surface area contributed by atoms with Crippen molar-refractivity contribution < 1.29 is 14.3 Å². The summed E-state index contributed by atoms with van der Waals surface area (Å²) in [6.07, 6.45) is -0.140. The molecule has 0 radical (unpaired) electrons. The highest BCUT2D eigenvalue weighted by atomic mass is 16.5. The van der Waals surface area contributed by atoms with Crippen LogP contribution in [0, 0.1) is 13.8 Å². The molecule has 0 spiro atoms. The van der Waals surface area contributed by atoms with E-state index >= 15 is 0 Å². The molecule has 1 aromatic rings. The standard InChI is InChI=1S/C19H29N3O3/c1-14-9-15(2)11-17(10-14)20-18(23)12-19(24)21(4)13-16(3)22-5-7-25-8-6-22/h9-11,16H,5-8,12-13H2,1-4H3,(H,20,23)/t16-/m0/s1. The van der Waals surface area contributed by atoms with Crippen LogP contribution in [0.25, 0.3) is 0 Å². The summed E-state index contributed by atoms with van der Waals surface area (Å²) in [7, 11) is 1.75. The predicted molar refractivity (Wildman–Crippen MR) is 98.7 cm³/mol. The van der Waals surface area contributed by atoms with Crippen LogP contribution in [-0.4, -0.2) is 67.6 Å². The van der Waals surface area contributed by atoms with Gasteiger partial charge in [-0.25, -0.2) is 0 Å². The summed E-state index contributed by atoms with van der Waals surface area (Å²) in [6.45, 7) is 9.91. The van der Waals surface area contributed by atoms with Crippen molar-refractivity contribution in [2.75, 3.05) is 45.2 Å². The largest absolute Gasteiger partial charge is 0.379 e. The van der Waals surface area contributed by atoms with Gasteiger partial charge in [0.1, 0.15) is 6.42 Å². The highest BCUT2D eigenvalue weighted by molar-refractivity contribution is 6.03. The number of carbonyl (C=O) groups is 2. The zero-order valence-corrected chi connectivity index (χ0v) is 15.7. The van der Waals surface area contributed by atoms with Gasteiger partial charge in [-0.05, 0) is 44.0 Å². The Hall–Kier alpha value is -1.92. The van der Waals surface area contributed by atoms with Crippen molar-refractivity contribution in [2.24, 2.45) is 0 Å². The van der Waals surface area contributed by atoms with Crippen molar-refractivity contribution in [3.8, 4) is 0 Å². The van der Waals surface area contributed by atoms with Crippen LogP contribution >= 0.6 is 0 Å². The molecule has 2 amide bonds. The number of benzene rings is 1. The van der Waals surface area contributed by atoms with E-state index in [1.807, 2.05) is 32.0 Å². The van der Waals surface area contributed by atoms with E-state index in [1.54, 1.807) is 11.9 Å². The molecular formula is C19H29N3O3. The predicted octanol–water partition coefficient (Wildman–Crippen LogP) is 1.81. The molecule has 1 heterocycles. The molecule has 138 valence electrons. The second-order valence-electron chi connectivity index (χ2n) is 6.87. The minimum atomic E-state index is -0.277. The summed E-state index contributed by atoms with van der Waals surface area (Å²) < 4.78 is 5.35. The fourth-order valence-corrected chi connectivity index (χ4v) is 3.16. The van der Waals surface area contributed by atoms with Gasteiger partial charge in [-0.15, -0.1) is 0 Å². The molecular weight excluding hydrogens is 318 g/mol. The SMILES string of the molecule is Cc1cc(C)cc(NC(=O)CC(=O)N(C)C[C@H](C)N2CCOCC2)c1. The quantitative estimate of drug-likeness (QED) is 0.797. The molecule has 0 unspecified atom stereocenters. The lowest BCUT2D eigenvalue weighted by Gasteiger charge is -2.34. The van der Waals surface area contributed by atoms with Crippen LogP contribution in [-0.2, 0) is 14.3 Å². The van der Waals surface area contributed by atoms with Gasteiger partial charge >= 0.3 is 0 Å². The van der Waals surface area contributed by atoms with Gasteiger partial charge in [0, 0.05) is 38.4 Å². The average molecular weight is 347 g/mol. The first kappa shape index (κ1) is 19.4. The van der Waals surface area contributed by atoms with Crippen LogP contribution in [0.4, 0.5) is 5.69 Å². The first-order valence-corrected chi connectivity index (χ1v) is 8.79. The van der Waals surface area contributed by atoms with Gasteiger partial charge in [0.15, 0.2) is 0 Å². The van der Waals surface area contributed by atoms with Crippen LogP contribution in [0.3, 0.4) is 0 Å². The van der Waals surface area contributed by atoms with Crippen LogP contribution in [0.15, 0.2) is 18.2 Å². The minimum absolute atomic E-state index is 0.140. The van der Waals surface area contributed by atoms with E-state index in [0.29, 0.717) is 6.54 Å². The molecule has 1 fully saturated rings. The van der Waals surface area contributed by atoms with Crippen LogP contribution in [0.1, 0.15) is 24.5 Å². The summed E-state index contributed by atoms with van der Waals surface area (Å²) in [6, 6.07) is 6.10. The molecule has 1 saturated heterocycles. The van der Waals surface area contributed by atoms with E-state index < -0.39 is 0 Å². The topological polar surface area (TPSA) is 61.9 Å². The first-order valence-electron chi connectivity index (χ1n) is 8.79. The number of nitrogens with one attached hydrogen (secondary N) is 1. The Morgan fingerprint density at radius 3 is 2.40 bits per heavy atom. The average Bonchev–Trinajstić information content (AvgIpc) is 2.54. The molecule has 1 N–H and O–H groups in total. The number of amides is 2. The third-order valence-corrected chi connectivity index (χ3v) is 4.45. The normalized spacial score (nSPS) is 16.3. The highest BCUT2D eigenvalue weighted by Crippen LogP contribution is 2.14. The number of rotatable bonds is 6. The number of ether oxygens (including phenoxy) is 1. The van der Waals surface area contributed by atoms with E-state index in [-0.39, 0.29) is 24.3 Å². The molecule has 0 aliphatic carbocycles. The van der Waals surface area contributed by atoms with Crippen molar-refractivity contribution in [1.29, 1.82) is 0 Å². The summed E-state index contributed by atoms with van der Waals surface area (Å²) >= 11 is 0. The smallest absolute Gasteiger partial charge is 0.233 e. The third-order valence-electron chi connectivity index (χ3n) is 4.45. The Balaban J connectivity index is 1.82. The van der Waals surface area contributed by atoms with Crippen molar-refractivity contribution in [3.63, 3.8) is 0 Å². The number of anilines is 1. The maximum absolute atomic E-state index is 12.3. The first-order chi connectivity index (χ1) is 11.8. The van der Waals surface area contributed by atoms with E-state index in [2.05, 4.69) is 17.1 Å². The van der Waals surface area contributed by atoms with Gasteiger partial charge in [-0.1, -0.05) is 6.07 Å². The Morgan fingerprint density at radius 1 is 1.20 bits per heavy atom.